The van der Waals surface area contributed by atoms with Gasteiger partial charge in [0, 0.05) is 24.6 Å². The van der Waals surface area contributed by atoms with Crippen molar-refractivity contribution >= 4 is 5.91 Å². The van der Waals surface area contributed by atoms with E-state index < -0.39 is 0 Å². The summed E-state index contributed by atoms with van der Waals surface area (Å²) in [6, 6.07) is 11.4. The highest BCUT2D eigenvalue weighted by Gasteiger charge is 2.19. The van der Waals surface area contributed by atoms with E-state index in [1.165, 1.54) is 7.11 Å². The largest absolute Gasteiger partial charge is 0.494 e. The van der Waals surface area contributed by atoms with Crippen molar-refractivity contribution < 1.29 is 9.53 Å². The van der Waals surface area contributed by atoms with E-state index >= 15 is 0 Å². The fourth-order valence-corrected chi connectivity index (χ4v) is 2.65. The van der Waals surface area contributed by atoms with E-state index in [9.17, 15) is 4.79 Å². The van der Waals surface area contributed by atoms with Crippen LogP contribution in [0.5, 0.6) is 5.75 Å². The Morgan fingerprint density at radius 2 is 2.12 bits per heavy atom. The Bertz CT molecular complexity index is 832. The second-order valence-electron chi connectivity index (χ2n) is 5.72. The molecule has 6 nitrogen and oxygen atoms in total. The molecule has 0 saturated carbocycles. The molecule has 0 aliphatic rings. The fraction of sp³-hybridized carbons (Fsp3) is 0.211. The van der Waals surface area contributed by atoms with Crippen LogP contribution < -0.4 is 10.1 Å². The molecule has 3 rings (SSSR count). The minimum absolute atomic E-state index is 0.193. The van der Waals surface area contributed by atoms with Crippen LogP contribution in [0.15, 0.2) is 61.3 Å². The molecule has 2 heterocycles. The van der Waals surface area contributed by atoms with Crippen molar-refractivity contribution in [3.05, 3.63) is 78.1 Å². The number of benzene rings is 1. The van der Waals surface area contributed by atoms with Crippen molar-refractivity contribution in [3.63, 3.8) is 0 Å². The van der Waals surface area contributed by atoms with Gasteiger partial charge in [-0.3, -0.25) is 9.78 Å². The van der Waals surface area contributed by atoms with Gasteiger partial charge in [-0.25, -0.2) is 4.98 Å². The number of ether oxygens (including phenoxy) is 1. The van der Waals surface area contributed by atoms with E-state index in [1.807, 2.05) is 48.0 Å². The number of amides is 1. The van der Waals surface area contributed by atoms with Gasteiger partial charge in [0.25, 0.3) is 5.91 Å². The molecule has 0 aliphatic heterocycles. The van der Waals surface area contributed by atoms with Gasteiger partial charge in [0.1, 0.15) is 5.75 Å². The first kappa shape index (κ1) is 16.7. The summed E-state index contributed by atoms with van der Waals surface area (Å²) in [5.41, 5.74) is 2.26. The summed E-state index contributed by atoms with van der Waals surface area (Å²) in [6.45, 7) is 2.43. The number of imidazole rings is 1. The first-order valence-corrected chi connectivity index (χ1v) is 7.99. The van der Waals surface area contributed by atoms with Crippen LogP contribution in [0.4, 0.5) is 0 Å². The normalized spacial score (nSPS) is 11.8. The lowest BCUT2D eigenvalue weighted by molar-refractivity contribution is 0.0929. The SMILES string of the molecule is COc1cnc(C)cc1C(=O)NC(Cn1ccnc1)c1ccccc1. The number of pyridine rings is 1. The average molecular weight is 336 g/mol. The van der Waals surface area contributed by atoms with Crippen molar-refractivity contribution in [1.82, 2.24) is 19.9 Å². The van der Waals surface area contributed by atoms with Crippen LogP contribution in [0, 0.1) is 6.92 Å². The van der Waals surface area contributed by atoms with Crippen LogP contribution in [0.25, 0.3) is 0 Å². The molecule has 0 spiro atoms. The number of nitrogens with zero attached hydrogens (tertiary/aromatic N) is 3. The lowest BCUT2D eigenvalue weighted by Crippen LogP contribution is -2.31. The molecular formula is C19H20N4O2. The molecule has 1 N–H and O–H groups in total. The zero-order chi connectivity index (χ0) is 17.6. The van der Waals surface area contributed by atoms with Crippen molar-refractivity contribution in [3.8, 4) is 5.75 Å². The smallest absolute Gasteiger partial charge is 0.255 e. The number of aryl methyl sites for hydroxylation is 1. The Morgan fingerprint density at radius 1 is 1.32 bits per heavy atom. The fourth-order valence-electron chi connectivity index (χ4n) is 2.65. The van der Waals surface area contributed by atoms with E-state index in [2.05, 4.69) is 15.3 Å². The van der Waals surface area contributed by atoms with Crippen molar-refractivity contribution in [2.24, 2.45) is 0 Å². The highest BCUT2D eigenvalue weighted by Crippen LogP contribution is 2.21. The van der Waals surface area contributed by atoms with Crippen LogP contribution >= 0.6 is 0 Å². The van der Waals surface area contributed by atoms with E-state index in [4.69, 9.17) is 4.74 Å². The Hall–Kier alpha value is -3.15. The van der Waals surface area contributed by atoms with E-state index in [0.29, 0.717) is 17.9 Å². The molecule has 128 valence electrons. The van der Waals surface area contributed by atoms with Crippen LogP contribution in [0.2, 0.25) is 0 Å². The summed E-state index contributed by atoms with van der Waals surface area (Å²) >= 11 is 0. The second-order valence-corrected chi connectivity index (χ2v) is 5.72. The van der Waals surface area contributed by atoms with Crippen molar-refractivity contribution in [2.75, 3.05) is 7.11 Å². The predicted molar refractivity (Wildman–Crippen MR) is 94.4 cm³/mol. The van der Waals surface area contributed by atoms with Gasteiger partial charge < -0.3 is 14.6 Å². The van der Waals surface area contributed by atoms with Crippen molar-refractivity contribution in [1.29, 1.82) is 0 Å². The van der Waals surface area contributed by atoms with Crippen LogP contribution in [-0.2, 0) is 6.54 Å². The first-order chi connectivity index (χ1) is 12.2. The van der Waals surface area contributed by atoms with Crippen LogP contribution in [0.3, 0.4) is 0 Å². The minimum Gasteiger partial charge on any atom is -0.494 e. The number of aromatic nitrogens is 3. The molecule has 1 aromatic carbocycles. The molecule has 0 radical (unpaired) electrons. The minimum atomic E-state index is -0.198. The molecule has 6 heteroatoms. The number of carbonyl (C=O) groups is 1. The topological polar surface area (TPSA) is 69.0 Å². The van der Waals surface area contributed by atoms with Gasteiger partial charge in [-0.2, -0.15) is 0 Å². The second kappa shape index (κ2) is 7.61. The third-order valence-corrected chi connectivity index (χ3v) is 3.93. The third kappa shape index (κ3) is 4.03. The molecule has 2 aromatic heterocycles. The Balaban J connectivity index is 1.87. The van der Waals surface area contributed by atoms with Crippen LogP contribution in [-0.4, -0.2) is 27.6 Å². The molecule has 1 amide bonds. The standard InChI is InChI=1S/C19H20N4O2/c1-14-10-16(18(25-2)11-21-14)19(24)22-17(12-23-9-8-20-13-23)15-6-4-3-5-7-15/h3-11,13,17H,12H2,1-2H3,(H,22,24). The Kier molecular flexibility index (Phi) is 5.09. The number of rotatable bonds is 6. The summed E-state index contributed by atoms with van der Waals surface area (Å²) in [7, 11) is 1.53. The molecule has 0 saturated heterocycles. The maximum absolute atomic E-state index is 12.8. The highest BCUT2D eigenvalue weighted by molar-refractivity contribution is 5.97. The number of hydrogen-bond donors (Lipinski definition) is 1. The summed E-state index contributed by atoms with van der Waals surface area (Å²) in [6.07, 6.45) is 6.90. The maximum atomic E-state index is 12.8. The van der Waals surface area contributed by atoms with Gasteiger partial charge in [-0.05, 0) is 18.6 Å². The van der Waals surface area contributed by atoms with Gasteiger partial charge in [-0.15, -0.1) is 0 Å². The van der Waals surface area contributed by atoms with Gasteiger partial charge in [0.2, 0.25) is 0 Å². The van der Waals surface area contributed by atoms with E-state index in [0.717, 1.165) is 11.3 Å². The number of nitrogens with one attached hydrogen (secondary N) is 1. The number of carbonyl (C=O) groups excluding carboxylic acids is 1. The van der Waals surface area contributed by atoms with Gasteiger partial charge in [0.05, 0.1) is 31.2 Å². The quantitative estimate of drug-likeness (QED) is 0.751. The molecular weight excluding hydrogens is 316 g/mol. The van der Waals surface area contributed by atoms with Gasteiger partial charge >= 0.3 is 0 Å². The van der Waals surface area contributed by atoms with E-state index in [-0.39, 0.29) is 11.9 Å². The summed E-state index contributed by atoms with van der Waals surface area (Å²) < 4.78 is 7.21. The molecule has 1 atom stereocenters. The van der Waals surface area contributed by atoms with Gasteiger partial charge in [0.15, 0.2) is 0 Å². The predicted octanol–water partition coefficient (Wildman–Crippen LogP) is 2.77. The highest BCUT2D eigenvalue weighted by atomic mass is 16.5. The average Bonchev–Trinajstić information content (AvgIpc) is 3.15. The lowest BCUT2D eigenvalue weighted by atomic mass is 10.1. The summed E-state index contributed by atoms with van der Waals surface area (Å²) in [5.74, 6) is 0.258. The maximum Gasteiger partial charge on any atom is 0.255 e. The molecule has 3 aromatic rings. The molecule has 0 fully saturated rings. The van der Waals surface area contributed by atoms with Crippen LogP contribution in [0.1, 0.15) is 27.7 Å². The first-order valence-electron chi connectivity index (χ1n) is 7.99. The number of hydrogen-bond acceptors (Lipinski definition) is 4. The van der Waals surface area contributed by atoms with Crippen molar-refractivity contribution in [2.45, 2.75) is 19.5 Å². The molecule has 1 unspecified atom stereocenters. The molecule has 0 bridgehead atoms. The monoisotopic (exact) mass is 336 g/mol. The Morgan fingerprint density at radius 3 is 2.80 bits per heavy atom. The van der Waals surface area contributed by atoms with E-state index in [1.54, 1.807) is 24.8 Å². The van der Waals surface area contributed by atoms with Gasteiger partial charge in [-0.1, -0.05) is 30.3 Å². The third-order valence-electron chi connectivity index (χ3n) is 3.93. The Labute approximate surface area is 146 Å². The summed E-state index contributed by atoms with van der Waals surface area (Å²) in [5, 5.41) is 3.09. The zero-order valence-electron chi connectivity index (χ0n) is 14.2. The lowest BCUT2D eigenvalue weighted by Gasteiger charge is -2.20. The molecule has 25 heavy (non-hydrogen) atoms. The number of methoxy groups -OCH3 is 1. The zero-order valence-corrected chi connectivity index (χ0v) is 14.2. The molecule has 0 aliphatic carbocycles. The summed E-state index contributed by atoms with van der Waals surface area (Å²) in [4.78, 5) is 21.1.